The third-order valence-corrected chi connectivity index (χ3v) is 2.84. The van der Waals surface area contributed by atoms with Gasteiger partial charge in [0.05, 0.1) is 0 Å². The van der Waals surface area contributed by atoms with Crippen molar-refractivity contribution in [2.75, 3.05) is 25.1 Å². The predicted molar refractivity (Wildman–Crippen MR) is 71.0 cm³/mol. The molecular formula is C13H23N3O. The molecule has 1 heterocycles. The van der Waals surface area contributed by atoms with E-state index < -0.39 is 0 Å². The number of anilines is 1. The van der Waals surface area contributed by atoms with E-state index >= 15 is 0 Å². The molecule has 4 nitrogen and oxygen atoms in total. The Balaban J connectivity index is 2.43. The number of unbranched alkanes of at least 4 members (excludes halogenated alkanes) is 2. The highest BCUT2D eigenvalue weighted by Gasteiger charge is 2.04. The van der Waals surface area contributed by atoms with Gasteiger partial charge in [0, 0.05) is 32.4 Å². The SMILES string of the molecule is C[C@@H](N)c1ccc(N(C)CCCCCO)nc1. The number of hydrogen-bond acceptors (Lipinski definition) is 4. The van der Waals surface area contributed by atoms with Gasteiger partial charge in [0.1, 0.15) is 5.82 Å². The zero-order valence-corrected chi connectivity index (χ0v) is 10.8. The first kappa shape index (κ1) is 13.9. The summed E-state index contributed by atoms with van der Waals surface area (Å²) in [6.07, 6.45) is 4.85. The minimum atomic E-state index is 0.0337. The molecule has 17 heavy (non-hydrogen) atoms. The monoisotopic (exact) mass is 237 g/mol. The van der Waals surface area contributed by atoms with Crippen molar-refractivity contribution in [3.05, 3.63) is 23.9 Å². The maximum atomic E-state index is 8.69. The van der Waals surface area contributed by atoms with Gasteiger partial charge >= 0.3 is 0 Å². The summed E-state index contributed by atoms with van der Waals surface area (Å²) < 4.78 is 0. The highest BCUT2D eigenvalue weighted by atomic mass is 16.2. The van der Waals surface area contributed by atoms with Crippen LogP contribution in [0.2, 0.25) is 0 Å². The summed E-state index contributed by atoms with van der Waals surface area (Å²) in [5.74, 6) is 0.971. The van der Waals surface area contributed by atoms with Crippen LogP contribution in [0, 0.1) is 0 Å². The third kappa shape index (κ3) is 4.71. The van der Waals surface area contributed by atoms with Crippen LogP contribution in [-0.2, 0) is 0 Å². The molecule has 3 N–H and O–H groups in total. The van der Waals surface area contributed by atoms with Gasteiger partial charge < -0.3 is 15.7 Å². The molecule has 0 aliphatic heterocycles. The number of aliphatic hydroxyl groups is 1. The van der Waals surface area contributed by atoms with Crippen molar-refractivity contribution >= 4 is 5.82 Å². The summed E-state index contributed by atoms with van der Waals surface area (Å²) in [4.78, 5) is 6.52. The van der Waals surface area contributed by atoms with Gasteiger partial charge in [-0.05, 0) is 37.8 Å². The zero-order chi connectivity index (χ0) is 12.7. The van der Waals surface area contributed by atoms with Crippen LogP contribution in [-0.4, -0.2) is 30.3 Å². The minimum Gasteiger partial charge on any atom is -0.396 e. The summed E-state index contributed by atoms with van der Waals surface area (Å²) in [7, 11) is 2.03. The smallest absolute Gasteiger partial charge is 0.128 e. The average Bonchev–Trinajstić information content (AvgIpc) is 2.34. The molecule has 0 amide bonds. The van der Waals surface area contributed by atoms with Crippen molar-refractivity contribution < 1.29 is 5.11 Å². The van der Waals surface area contributed by atoms with Gasteiger partial charge in [-0.1, -0.05) is 6.07 Å². The Morgan fingerprint density at radius 1 is 1.35 bits per heavy atom. The fourth-order valence-corrected chi connectivity index (χ4v) is 1.64. The first-order chi connectivity index (χ1) is 8.15. The lowest BCUT2D eigenvalue weighted by Crippen LogP contribution is -2.20. The normalized spacial score (nSPS) is 12.5. The van der Waals surface area contributed by atoms with E-state index in [1.807, 2.05) is 32.3 Å². The quantitative estimate of drug-likeness (QED) is 0.709. The lowest BCUT2D eigenvalue weighted by molar-refractivity contribution is 0.283. The van der Waals surface area contributed by atoms with Crippen LogP contribution in [0.25, 0.3) is 0 Å². The van der Waals surface area contributed by atoms with E-state index in [0.717, 1.165) is 37.2 Å². The molecule has 0 aromatic carbocycles. The lowest BCUT2D eigenvalue weighted by atomic mass is 10.1. The molecule has 96 valence electrons. The van der Waals surface area contributed by atoms with Crippen molar-refractivity contribution in [2.45, 2.75) is 32.2 Å². The van der Waals surface area contributed by atoms with Crippen LogP contribution in [0.15, 0.2) is 18.3 Å². The largest absolute Gasteiger partial charge is 0.396 e. The van der Waals surface area contributed by atoms with Gasteiger partial charge in [-0.3, -0.25) is 0 Å². The Bertz CT molecular complexity index is 311. The van der Waals surface area contributed by atoms with E-state index in [2.05, 4.69) is 9.88 Å². The number of nitrogens with zero attached hydrogens (tertiary/aromatic N) is 2. The Kier molecular flexibility index (Phi) is 5.94. The second-order valence-electron chi connectivity index (χ2n) is 4.44. The third-order valence-electron chi connectivity index (χ3n) is 2.84. The molecule has 0 radical (unpaired) electrons. The number of aromatic nitrogens is 1. The first-order valence-electron chi connectivity index (χ1n) is 6.18. The van der Waals surface area contributed by atoms with Gasteiger partial charge in [0.2, 0.25) is 0 Å². The van der Waals surface area contributed by atoms with E-state index in [0.29, 0.717) is 0 Å². The van der Waals surface area contributed by atoms with Crippen LogP contribution in [0.1, 0.15) is 37.8 Å². The van der Waals surface area contributed by atoms with Crippen LogP contribution >= 0.6 is 0 Å². The van der Waals surface area contributed by atoms with Gasteiger partial charge in [0.25, 0.3) is 0 Å². The second-order valence-corrected chi connectivity index (χ2v) is 4.44. The average molecular weight is 237 g/mol. The number of hydrogen-bond donors (Lipinski definition) is 2. The standard InChI is InChI=1S/C13H23N3O/c1-11(14)12-6-7-13(15-10-12)16(2)8-4-3-5-9-17/h6-7,10-11,17H,3-5,8-9,14H2,1-2H3/t11-/m1/s1. The summed E-state index contributed by atoms with van der Waals surface area (Å²) in [6.45, 7) is 3.20. The van der Waals surface area contributed by atoms with E-state index in [4.69, 9.17) is 10.8 Å². The van der Waals surface area contributed by atoms with Gasteiger partial charge in [-0.2, -0.15) is 0 Å². The summed E-state index contributed by atoms with van der Waals surface area (Å²) in [5, 5.41) is 8.69. The number of nitrogens with two attached hydrogens (primary N) is 1. The minimum absolute atomic E-state index is 0.0337. The predicted octanol–water partition coefficient (Wildman–Crippen LogP) is 1.70. The van der Waals surface area contributed by atoms with Gasteiger partial charge in [-0.25, -0.2) is 4.98 Å². The molecular weight excluding hydrogens is 214 g/mol. The second kappa shape index (κ2) is 7.25. The van der Waals surface area contributed by atoms with Crippen molar-refractivity contribution in [3.8, 4) is 0 Å². The van der Waals surface area contributed by atoms with Gasteiger partial charge in [0.15, 0.2) is 0 Å². The molecule has 4 heteroatoms. The molecule has 1 aromatic rings. The van der Waals surface area contributed by atoms with Crippen molar-refractivity contribution in [1.29, 1.82) is 0 Å². The fraction of sp³-hybridized carbons (Fsp3) is 0.615. The van der Waals surface area contributed by atoms with Crippen LogP contribution in [0.3, 0.4) is 0 Å². The molecule has 1 aromatic heterocycles. The molecule has 0 fully saturated rings. The van der Waals surface area contributed by atoms with Crippen molar-refractivity contribution in [3.63, 3.8) is 0 Å². The molecule has 0 aliphatic carbocycles. The topological polar surface area (TPSA) is 62.4 Å². The van der Waals surface area contributed by atoms with Crippen LogP contribution in [0.5, 0.6) is 0 Å². The Labute approximate surface area is 103 Å². The first-order valence-corrected chi connectivity index (χ1v) is 6.18. The number of rotatable bonds is 7. The maximum Gasteiger partial charge on any atom is 0.128 e. The lowest BCUT2D eigenvalue weighted by Gasteiger charge is -2.18. The molecule has 0 saturated carbocycles. The van der Waals surface area contributed by atoms with Crippen molar-refractivity contribution in [1.82, 2.24) is 4.98 Å². The van der Waals surface area contributed by atoms with E-state index in [9.17, 15) is 0 Å². The van der Waals surface area contributed by atoms with E-state index in [-0.39, 0.29) is 12.6 Å². The van der Waals surface area contributed by atoms with Crippen molar-refractivity contribution in [2.24, 2.45) is 5.73 Å². The number of aliphatic hydroxyl groups excluding tert-OH is 1. The highest BCUT2D eigenvalue weighted by Crippen LogP contribution is 2.14. The number of pyridine rings is 1. The molecule has 0 spiro atoms. The Morgan fingerprint density at radius 2 is 2.12 bits per heavy atom. The zero-order valence-electron chi connectivity index (χ0n) is 10.8. The molecule has 1 atom stereocenters. The Morgan fingerprint density at radius 3 is 2.65 bits per heavy atom. The molecule has 0 unspecified atom stereocenters. The Hall–Kier alpha value is -1.13. The molecule has 0 saturated heterocycles. The van der Waals surface area contributed by atoms with Crippen LogP contribution < -0.4 is 10.6 Å². The van der Waals surface area contributed by atoms with Gasteiger partial charge in [-0.15, -0.1) is 0 Å². The summed E-state index contributed by atoms with van der Waals surface area (Å²) in [6, 6.07) is 4.06. The molecule has 0 bridgehead atoms. The summed E-state index contributed by atoms with van der Waals surface area (Å²) in [5.41, 5.74) is 6.83. The van der Waals surface area contributed by atoms with E-state index in [1.165, 1.54) is 0 Å². The fourth-order valence-electron chi connectivity index (χ4n) is 1.64. The highest BCUT2D eigenvalue weighted by molar-refractivity contribution is 5.38. The van der Waals surface area contributed by atoms with E-state index in [1.54, 1.807) is 0 Å². The van der Waals surface area contributed by atoms with Crippen LogP contribution in [0.4, 0.5) is 5.82 Å². The maximum absolute atomic E-state index is 8.69. The molecule has 0 aliphatic rings. The molecule has 1 rings (SSSR count). The summed E-state index contributed by atoms with van der Waals surface area (Å²) >= 11 is 0.